The molecule has 0 aromatic heterocycles. The summed E-state index contributed by atoms with van der Waals surface area (Å²) in [6, 6.07) is 6.11. The van der Waals surface area contributed by atoms with Gasteiger partial charge in [-0.25, -0.2) is 4.79 Å². The molecule has 0 aliphatic heterocycles. The molecule has 0 heterocycles. The van der Waals surface area contributed by atoms with Gasteiger partial charge >= 0.3 is 5.97 Å². The smallest absolute Gasteiger partial charge is 0.335 e. The standard InChI is InChI=1S/C8H8O3S/c1-12(11)7-4-2-3-6(5-7)8(9)10/h2-5H,1H3,(H,9,10)/t12-/m0/s1. The van der Waals surface area contributed by atoms with E-state index in [0.29, 0.717) is 4.90 Å². The molecule has 0 bridgehead atoms. The summed E-state index contributed by atoms with van der Waals surface area (Å²) >= 11 is 0. The molecule has 1 aromatic rings. The summed E-state index contributed by atoms with van der Waals surface area (Å²) in [4.78, 5) is 11.0. The van der Waals surface area contributed by atoms with E-state index in [1.165, 1.54) is 18.4 Å². The molecule has 3 nitrogen and oxygen atoms in total. The second-order valence-electron chi connectivity index (χ2n) is 2.29. The zero-order valence-electron chi connectivity index (χ0n) is 6.48. The lowest BCUT2D eigenvalue weighted by atomic mass is 10.2. The number of aromatic carboxylic acids is 1. The number of carbonyl (C=O) groups is 1. The Morgan fingerprint density at radius 1 is 1.50 bits per heavy atom. The Balaban J connectivity index is 3.12. The van der Waals surface area contributed by atoms with Crippen molar-refractivity contribution < 1.29 is 14.1 Å². The lowest BCUT2D eigenvalue weighted by molar-refractivity contribution is 0.0696. The molecule has 12 heavy (non-hydrogen) atoms. The third kappa shape index (κ3) is 1.92. The number of rotatable bonds is 2. The maximum Gasteiger partial charge on any atom is 0.335 e. The SMILES string of the molecule is C[S@](=O)c1cccc(C(=O)O)c1. The minimum atomic E-state index is -1.12. The Hall–Kier alpha value is -1.16. The number of benzene rings is 1. The molecule has 0 spiro atoms. The molecule has 0 aliphatic carbocycles. The first-order chi connectivity index (χ1) is 5.61. The Kier molecular flexibility index (Phi) is 2.60. The van der Waals surface area contributed by atoms with Gasteiger partial charge in [-0.3, -0.25) is 4.21 Å². The fourth-order valence-corrected chi connectivity index (χ4v) is 1.37. The first-order valence-electron chi connectivity index (χ1n) is 3.28. The van der Waals surface area contributed by atoms with Crippen LogP contribution in [0.15, 0.2) is 29.2 Å². The van der Waals surface area contributed by atoms with E-state index in [2.05, 4.69) is 0 Å². The van der Waals surface area contributed by atoms with Gasteiger partial charge < -0.3 is 5.11 Å². The molecule has 64 valence electrons. The van der Waals surface area contributed by atoms with Crippen LogP contribution in [0.25, 0.3) is 0 Å². The van der Waals surface area contributed by atoms with Crippen LogP contribution in [0.3, 0.4) is 0 Å². The van der Waals surface area contributed by atoms with Gasteiger partial charge in [0.15, 0.2) is 0 Å². The van der Waals surface area contributed by atoms with Crippen molar-refractivity contribution in [2.75, 3.05) is 6.26 Å². The van der Waals surface area contributed by atoms with Gasteiger partial charge in [0, 0.05) is 22.0 Å². The lowest BCUT2D eigenvalue weighted by Gasteiger charge is -1.97. The zero-order valence-corrected chi connectivity index (χ0v) is 7.30. The second kappa shape index (κ2) is 3.49. The van der Waals surface area contributed by atoms with Gasteiger partial charge in [0.1, 0.15) is 0 Å². The topological polar surface area (TPSA) is 54.4 Å². The van der Waals surface area contributed by atoms with E-state index in [1.807, 2.05) is 0 Å². The number of carboxylic acid groups (broad SMARTS) is 1. The van der Waals surface area contributed by atoms with Crippen LogP contribution in [0.1, 0.15) is 10.4 Å². The number of hydrogen-bond acceptors (Lipinski definition) is 2. The third-order valence-corrected chi connectivity index (χ3v) is 2.33. The molecule has 0 fully saturated rings. The van der Waals surface area contributed by atoms with Gasteiger partial charge in [-0.15, -0.1) is 0 Å². The summed E-state index contributed by atoms with van der Waals surface area (Å²) in [5.74, 6) is -0.998. The summed E-state index contributed by atoms with van der Waals surface area (Å²) in [7, 11) is -1.12. The average Bonchev–Trinajstić information content (AvgIpc) is 2.04. The monoisotopic (exact) mass is 184 g/mol. The highest BCUT2D eigenvalue weighted by Gasteiger charge is 2.04. The molecule has 1 rings (SSSR count). The molecule has 4 heteroatoms. The van der Waals surface area contributed by atoms with Gasteiger partial charge in [0.05, 0.1) is 5.56 Å². The Morgan fingerprint density at radius 3 is 2.67 bits per heavy atom. The van der Waals surface area contributed by atoms with Crippen molar-refractivity contribution in [2.45, 2.75) is 4.90 Å². The first-order valence-corrected chi connectivity index (χ1v) is 4.84. The number of hydrogen-bond donors (Lipinski definition) is 1. The van der Waals surface area contributed by atoms with E-state index in [-0.39, 0.29) is 5.56 Å². The van der Waals surface area contributed by atoms with Gasteiger partial charge in [-0.1, -0.05) is 6.07 Å². The highest BCUT2D eigenvalue weighted by molar-refractivity contribution is 7.84. The minimum Gasteiger partial charge on any atom is -0.478 e. The lowest BCUT2D eigenvalue weighted by Crippen LogP contribution is -1.97. The van der Waals surface area contributed by atoms with Crippen LogP contribution in [-0.4, -0.2) is 21.5 Å². The highest BCUT2D eigenvalue weighted by atomic mass is 32.2. The number of carboxylic acids is 1. The van der Waals surface area contributed by atoms with Crippen molar-refractivity contribution in [3.05, 3.63) is 29.8 Å². The predicted molar refractivity (Wildman–Crippen MR) is 45.7 cm³/mol. The van der Waals surface area contributed by atoms with Crippen LogP contribution in [0, 0.1) is 0 Å². The maximum atomic E-state index is 10.9. The molecular formula is C8H8O3S. The van der Waals surface area contributed by atoms with E-state index in [1.54, 1.807) is 12.1 Å². The maximum absolute atomic E-state index is 10.9. The summed E-state index contributed by atoms with van der Waals surface area (Å²) in [6.07, 6.45) is 1.51. The Morgan fingerprint density at radius 2 is 2.17 bits per heavy atom. The predicted octanol–water partition coefficient (Wildman–Crippen LogP) is 1.12. The Bertz CT molecular complexity index is 304. The van der Waals surface area contributed by atoms with Gasteiger partial charge in [-0.2, -0.15) is 0 Å². The van der Waals surface area contributed by atoms with Gasteiger partial charge in [0.25, 0.3) is 0 Å². The van der Waals surface area contributed by atoms with Gasteiger partial charge in [0.2, 0.25) is 0 Å². The summed E-state index contributed by atoms with van der Waals surface area (Å²) in [5, 5.41) is 8.59. The van der Waals surface area contributed by atoms with E-state index >= 15 is 0 Å². The van der Waals surface area contributed by atoms with Crippen LogP contribution < -0.4 is 0 Å². The Labute approximate surface area is 72.5 Å². The van der Waals surface area contributed by atoms with Crippen molar-refractivity contribution in [1.29, 1.82) is 0 Å². The zero-order chi connectivity index (χ0) is 9.14. The van der Waals surface area contributed by atoms with Crippen LogP contribution in [-0.2, 0) is 10.8 Å². The normalized spacial score (nSPS) is 12.4. The average molecular weight is 184 g/mol. The van der Waals surface area contributed by atoms with Crippen molar-refractivity contribution in [2.24, 2.45) is 0 Å². The second-order valence-corrected chi connectivity index (χ2v) is 3.67. The van der Waals surface area contributed by atoms with Crippen LogP contribution >= 0.6 is 0 Å². The van der Waals surface area contributed by atoms with E-state index in [9.17, 15) is 9.00 Å². The molecule has 0 aliphatic rings. The molecule has 1 atom stereocenters. The molecule has 1 aromatic carbocycles. The molecule has 0 radical (unpaired) electrons. The fraction of sp³-hybridized carbons (Fsp3) is 0.125. The van der Waals surface area contributed by atoms with Crippen LogP contribution in [0.4, 0.5) is 0 Å². The molecule has 0 unspecified atom stereocenters. The molecular weight excluding hydrogens is 176 g/mol. The van der Waals surface area contributed by atoms with Crippen molar-refractivity contribution >= 4 is 16.8 Å². The van der Waals surface area contributed by atoms with Crippen molar-refractivity contribution in [1.82, 2.24) is 0 Å². The molecule has 0 amide bonds. The highest BCUT2D eigenvalue weighted by Crippen LogP contribution is 2.08. The third-order valence-electron chi connectivity index (χ3n) is 1.41. The van der Waals surface area contributed by atoms with Crippen LogP contribution in [0.5, 0.6) is 0 Å². The van der Waals surface area contributed by atoms with Crippen LogP contribution in [0.2, 0.25) is 0 Å². The van der Waals surface area contributed by atoms with Crippen molar-refractivity contribution in [3.63, 3.8) is 0 Å². The fourth-order valence-electron chi connectivity index (χ4n) is 0.808. The quantitative estimate of drug-likeness (QED) is 0.749. The largest absolute Gasteiger partial charge is 0.478 e. The summed E-state index contributed by atoms with van der Waals surface area (Å²) in [6.45, 7) is 0. The van der Waals surface area contributed by atoms with E-state index in [0.717, 1.165) is 0 Å². The van der Waals surface area contributed by atoms with E-state index < -0.39 is 16.8 Å². The summed E-state index contributed by atoms with van der Waals surface area (Å²) in [5.41, 5.74) is 0.169. The van der Waals surface area contributed by atoms with E-state index in [4.69, 9.17) is 5.11 Å². The molecule has 0 saturated heterocycles. The van der Waals surface area contributed by atoms with Crippen molar-refractivity contribution in [3.8, 4) is 0 Å². The minimum absolute atomic E-state index is 0.169. The van der Waals surface area contributed by atoms with Gasteiger partial charge in [-0.05, 0) is 18.2 Å². The molecule has 0 saturated carbocycles. The first kappa shape index (κ1) is 8.93. The summed E-state index contributed by atoms with van der Waals surface area (Å²) < 4.78 is 10.9. The molecule has 1 N–H and O–H groups in total.